The molecule has 19 heavy (non-hydrogen) atoms. The zero-order valence-corrected chi connectivity index (χ0v) is 11.1. The van der Waals surface area contributed by atoms with Crippen molar-refractivity contribution < 1.29 is 0 Å². The minimum Gasteiger partial charge on any atom is -0.206 e. The summed E-state index contributed by atoms with van der Waals surface area (Å²) in [7, 11) is 0. The molecule has 0 aliphatic carbocycles. The molecule has 3 aromatic rings. The Morgan fingerprint density at radius 2 is 1.89 bits per heavy atom. The van der Waals surface area contributed by atoms with Crippen LogP contribution in [0.3, 0.4) is 0 Å². The molecule has 0 aromatic carbocycles. The second-order valence-electron chi connectivity index (χ2n) is 3.99. The van der Waals surface area contributed by atoms with E-state index in [4.69, 9.17) is 11.6 Å². The van der Waals surface area contributed by atoms with Crippen LogP contribution in [0.15, 0.2) is 24.5 Å². The number of rotatable bonds is 2. The third-order valence-electron chi connectivity index (χ3n) is 2.49. The lowest BCUT2D eigenvalue weighted by Gasteiger charge is -2.05. The van der Waals surface area contributed by atoms with Gasteiger partial charge in [-0.15, -0.1) is 0 Å². The molecule has 0 aliphatic heterocycles. The molecular weight excluding hydrogens is 266 g/mol. The van der Waals surface area contributed by atoms with Crippen LogP contribution in [-0.2, 0) is 0 Å². The molecule has 0 aliphatic rings. The van der Waals surface area contributed by atoms with Crippen molar-refractivity contribution in [3.63, 3.8) is 0 Å². The van der Waals surface area contributed by atoms with Crippen LogP contribution >= 0.6 is 11.6 Å². The first-order valence-electron chi connectivity index (χ1n) is 5.59. The van der Waals surface area contributed by atoms with Gasteiger partial charge >= 0.3 is 0 Å². The molecule has 0 atom stereocenters. The summed E-state index contributed by atoms with van der Waals surface area (Å²) >= 11 is 5.93. The van der Waals surface area contributed by atoms with Gasteiger partial charge in [-0.3, -0.25) is 0 Å². The summed E-state index contributed by atoms with van der Waals surface area (Å²) in [4.78, 5) is 12.4. The topological polar surface area (TPSA) is 74.3 Å². The van der Waals surface area contributed by atoms with E-state index in [9.17, 15) is 0 Å². The molecule has 0 unspecified atom stereocenters. The molecule has 0 radical (unpaired) electrons. The lowest BCUT2D eigenvalue weighted by Crippen LogP contribution is -2.11. The first-order valence-corrected chi connectivity index (χ1v) is 5.96. The summed E-state index contributed by atoms with van der Waals surface area (Å²) < 4.78 is 3.14. The van der Waals surface area contributed by atoms with Gasteiger partial charge in [-0.2, -0.15) is 25.1 Å². The smallest absolute Gasteiger partial charge is 0.206 e. The second kappa shape index (κ2) is 4.43. The molecule has 8 heteroatoms. The van der Waals surface area contributed by atoms with E-state index in [1.54, 1.807) is 23.1 Å². The molecule has 0 saturated carbocycles. The van der Waals surface area contributed by atoms with Crippen LogP contribution in [0.25, 0.3) is 11.9 Å². The summed E-state index contributed by atoms with van der Waals surface area (Å²) in [6.45, 7) is 3.83. The van der Waals surface area contributed by atoms with Gasteiger partial charge in [0.25, 0.3) is 11.9 Å². The first kappa shape index (κ1) is 11.8. The fourth-order valence-corrected chi connectivity index (χ4v) is 1.90. The van der Waals surface area contributed by atoms with Crippen LogP contribution in [0.2, 0.25) is 5.28 Å². The zero-order chi connectivity index (χ0) is 13.4. The molecule has 0 saturated heterocycles. The van der Waals surface area contributed by atoms with Gasteiger partial charge in [0.05, 0.1) is 5.69 Å². The van der Waals surface area contributed by atoms with E-state index < -0.39 is 0 Å². The highest BCUT2D eigenvalue weighted by atomic mass is 35.5. The van der Waals surface area contributed by atoms with Crippen molar-refractivity contribution in [3.05, 3.63) is 41.2 Å². The second-order valence-corrected chi connectivity index (χ2v) is 4.33. The number of aromatic nitrogens is 7. The van der Waals surface area contributed by atoms with Crippen molar-refractivity contribution in [2.24, 2.45) is 0 Å². The Hall–Kier alpha value is -2.28. The molecule has 3 aromatic heterocycles. The highest BCUT2D eigenvalue weighted by Gasteiger charge is 2.11. The molecule has 0 spiro atoms. The maximum atomic E-state index is 5.93. The fourth-order valence-electron chi connectivity index (χ4n) is 1.75. The van der Waals surface area contributed by atoms with Gasteiger partial charge in [-0.1, -0.05) is 0 Å². The quantitative estimate of drug-likeness (QED) is 0.709. The van der Waals surface area contributed by atoms with Crippen molar-refractivity contribution in [2.75, 3.05) is 0 Å². The summed E-state index contributed by atoms with van der Waals surface area (Å²) in [6, 6.07) is 3.71. The Labute approximate surface area is 113 Å². The molecule has 3 rings (SSSR count). The standard InChI is InChI=1S/C11H10ClN7/c1-7-6-8(2)19(17-7)11-15-9(12)14-10(16-11)18-5-3-4-13-18/h3-6H,1-2H3. The summed E-state index contributed by atoms with van der Waals surface area (Å²) in [5, 5.41) is 8.49. The van der Waals surface area contributed by atoms with Crippen molar-refractivity contribution in [1.29, 1.82) is 0 Å². The summed E-state index contributed by atoms with van der Waals surface area (Å²) in [5.74, 6) is 0.726. The third-order valence-corrected chi connectivity index (χ3v) is 2.66. The highest BCUT2D eigenvalue weighted by molar-refractivity contribution is 6.28. The molecule has 7 nitrogen and oxygen atoms in total. The number of hydrogen-bond acceptors (Lipinski definition) is 5. The van der Waals surface area contributed by atoms with Crippen LogP contribution in [-0.4, -0.2) is 34.5 Å². The lowest BCUT2D eigenvalue weighted by molar-refractivity contribution is 0.728. The minimum atomic E-state index is 0.100. The highest BCUT2D eigenvalue weighted by Crippen LogP contribution is 2.11. The fraction of sp³-hybridized carbons (Fsp3) is 0.182. The maximum absolute atomic E-state index is 5.93. The van der Waals surface area contributed by atoms with Crippen molar-refractivity contribution in [3.8, 4) is 11.9 Å². The SMILES string of the molecule is Cc1cc(C)n(-c2nc(Cl)nc(-n3cccn3)n2)n1. The maximum Gasteiger partial charge on any atom is 0.256 e. The lowest BCUT2D eigenvalue weighted by atomic mass is 10.4. The third kappa shape index (κ3) is 2.19. The number of hydrogen-bond donors (Lipinski definition) is 0. The normalized spacial score (nSPS) is 10.9. The predicted octanol–water partition coefficient (Wildman–Crippen LogP) is 1.51. The van der Waals surface area contributed by atoms with E-state index in [1.165, 1.54) is 4.68 Å². The number of aryl methyl sites for hydroxylation is 2. The average molecular weight is 276 g/mol. The van der Waals surface area contributed by atoms with Crippen molar-refractivity contribution >= 4 is 11.6 Å². The molecule has 0 amide bonds. The Bertz CT molecular complexity index is 717. The van der Waals surface area contributed by atoms with Crippen LogP contribution in [0, 0.1) is 13.8 Å². The Morgan fingerprint density at radius 3 is 2.53 bits per heavy atom. The van der Waals surface area contributed by atoms with Gasteiger partial charge in [0.2, 0.25) is 5.28 Å². The first-order chi connectivity index (χ1) is 9.13. The summed E-state index contributed by atoms with van der Waals surface area (Å²) in [6.07, 6.45) is 3.37. The van der Waals surface area contributed by atoms with E-state index in [-0.39, 0.29) is 5.28 Å². The van der Waals surface area contributed by atoms with Crippen molar-refractivity contribution in [1.82, 2.24) is 34.5 Å². The van der Waals surface area contributed by atoms with Gasteiger partial charge in [-0.25, -0.2) is 9.36 Å². The van der Waals surface area contributed by atoms with Crippen LogP contribution in [0.1, 0.15) is 11.4 Å². The van der Waals surface area contributed by atoms with Crippen LogP contribution in [0.5, 0.6) is 0 Å². The number of halogens is 1. The Morgan fingerprint density at radius 1 is 1.11 bits per heavy atom. The van der Waals surface area contributed by atoms with Gasteiger partial charge < -0.3 is 0 Å². The monoisotopic (exact) mass is 275 g/mol. The van der Waals surface area contributed by atoms with E-state index in [1.807, 2.05) is 19.9 Å². The molecular formula is C11H10ClN7. The summed E-state index contributed by atoms with van der Waals surface area (Å²) in [5.41, 5.74) is 1.81. The zero-order valence-electron chi connectivity index (χ0n) is 10.3. The Kier molecular flexibility index (Phi) is 2.75. The average Bonchev–Trinajstić information content (AvgIpc) is 2.98. The molecule has 0 bridgehead atoms. The minimum absolute atomic E-state index is 0.100. The van der Waals surface area contributed by atoms with Crippen LogP contribution in [0.4, 0.5) is 0 Å². The largest absolute Gasteiger partial charge is 0.256 e. The molecule has 96 valence electrons. The van der Waals surface area contributed by atoms with E-state index in [0.717, 1.165) is 11.4 Å². The molecule has 0 N–H and O–H groups in total. The Balaban J connectivity index is 2.15. The van der Waals surface area contributed by atoms with Gasteiger partial charge in [0.15, 0.2) is 0 Å². The number of nitrogens with zero attached hydrogens (tertiary/aromatic N) is 7. The molecule has 3 heterocycles. The van der Waals surface area contributed by atoms with E-state index in [2.05, 4.69) is 25.1 Å². The predicted molar refractivity (Wildman–Crippen MR) is 68.6 cm³/mol. The van der Waals surface area contributed by atoms with Gasteiger partial charge in [0, 0.05) is 18.1 Å². The van der Waals surface area contributed by atoms with Gasteiger partial charge in [0.1, 0.15) is 0 Å². The van der Waals surface area contributed by atoms with E-state index >= 15 is 0 Å². The van der Waals surface area contributed by atoms with Crippen molar-refractivity contribution in [2.45, 2.75) is 13.8 Å². The van der Waals surface area contributed by atoms with Gasteiger partial charge in [-0.05, 0) is 37.6 Å². The van der Waals surface area contributed by atoms with E-state index in [0.29, 0.717) is 11.9 Å². The van der Waals surface area contributed by atoms with Crippen LogP contribution < -0.4 is 0 Å². The molecule has 0 fully saturated rings.